The minimum atomic E-state index is 0.323. The van der Waals surface area contributed by atoms with Crippen molar-refractivity contribution in [2.45, 2.75) is 19.9 Å². The van der Waals surface area contributed by atoms with Crippen LogP contribution in [0, 0.1) is 0 Å². The first-order valence-electron chi connectivity index (χ1n) is 6.26. The van der Waals surface area contributed by atoms with E-state index in [1.807, 2.05) is 12.1 Å². The molecule has 1 aromatic rings. The lowest BCUT2D eigenvalue weighted by Crippen LogP contribution is -2.17. The molecule has 0 spiro atoms. The Morgan fingerprint density at radius 1 is 1.33 bits per heavy atom. The molecule has 0 radical (unpaired) electrons. The highest BCUT2D eigenvalue weighted by molar-refractivity contribution is 7.98. The van der Waals surface area contributed by atoms with Crippen molar-refractivity contribution in [3.8, 4) is 11.5 Å². The SMILES string of the molecule is CCNC(C)c1ccc(OCCSC)c(OC)c1. The Morgan fingerprint density at radius 2 is 2.11 bits per heavy atom. The lowest BCUT2D eigenvalue weighted by atomic mass is 10.1. The Hall–Kier alpha value is -0.870. The van der Waals surface area contributed by atoms with Crippen molar-refractivity contribution in [1.82, 2.24) is 5.32 Å². The van der Waals surface area contributed by atoms with Crippen molar-refractivity contribution in [2.24, 2.45) is 0 Å². The van der Waals surface area contributed by atoms with Crippen molar-refractivity contribution in [3.05, 3.63) is 23.8 Å². The summed E-state index contributed by atoms with van der Waals surface area (Å²) in [6, 6.07) is 6.44. The molecule has 0 aliphatic heterocycles. The van der Waals surface area contributed by atoms with Crippen LogP contribution in [0.2, 0.25) is 0 Å². The average molecular weight is 269 g/mol. The molecule has 1 N–H and O–H groups in total. The van der Waals surface area contributed by atoms with Gasteiger partial charge in [-0.25, -0.2) is 0 Å². The molecule has 1 atom stereocenters. The molecule has 0 saturated heterocycles. The monoisotopic (exact) mass is 269 g/mol. The van der Waals surface area contributed by atoms with E-state index in [0.717, 1.165) is 23.8 Å². The van der Waals surface area contributed by atoms with Gasteiger partial charge in [0.1, 0.15) is 0 Å². The van der Waals surface area contributed by atoms with E-state index in [9.17, 15) is 0 Å². The fraction of sp³-hybridized carbons (Fsp3) is 0.571. The highest BCUT2D eigenvalue weighted by Gasteiger charge is 2.09. The highest BCUT2D eigenvalue weighted by atomic mass is 32.2. The van der Waals surface area contributed by atoms with Gasteiger partial charge >= 0.3 is 0 Å². The van der Waals surface area contributed by atoms with Crippen molar-refractivity contribution in [3.63, 3.8) is 0 Å². The molecule has 0 aliphatic rings. The Bertz CT molecular complexity index is 358. The number of nitrogens with one attached hydrogen (secondary N) is 1. The first-order chi connectivity index (χ1) is 8.72. The van der Waals surface area contributed by atoms with Gasteiger partial charge in [0.05, 0.1) is 13.7 Å². The third kappa shape index (κ3) is 4.42. The average Bonchev–Trinajstić information content (AvgIpc) is 2.39. The molecule has 0 saturated carbocycles. The van der Waals surface area contributed by atoms with E-state index < -0.39 is 0 Å². The molecule has 0 aromatic heterocycles. The third-order valence-electron chi connectivity index (χ3n) is 2.74. The van der Waals surface area contributed by atoms with E-state index in [4.69, 9.17) is 9.47 Å². The van der Waals surface area contributed by atoms with Crippen LogP contribution in [0.4, 0.5) is 0 Å². The van der Waals surface area contributed by atoms with Gasteiger partial charge in [0.15, 0.2) is 11.5 Å². The van der Waals surface area contributed by atoms with E-state index >= 15 is 0 Å². The van der Waals surface area contributed by atoms with Gasteiger partial charge in [0.25, 0.3) is 0 Å². The summed E-state index contributed by atoms with van der Waals surface area (Å²) >= 11 is 1.77. The smallest absolute Gasteiger partial charge is 0.161 e. The summed E-state index contributed by atoms with van der Waals surface area (Å²) in [4.78, 5) is 0. The number of hydrogen-bond donors (Lipinski definition) is 1. The van der Waals surface area contributed by atoms with Gasteiger partial charge in [-0.3, -0.25) is 0 Å². The summed E-state index contributed by atoms with van der Waals surface area (Å²) in [6.45, 7) is 5.91. The topological polar surface area (TPSA) is 30.5 Å². The minimum Gasteiger partial charge on any atom is -0.493 e. The number of thioether (sulfide) groups is 1. The lowest BCUT2D eigenvalue weighted by Gasteiger charge is -2.16. The van der Waals surface area contributed by atoms with Gasteiger partial charge in [-0.2, -0.15) is 11.8 Å². The van der Waals surface area contributed by atoms with Gasteiger partial charge in [0, 0.05) is 11.8 Å². The van der Waals surface area contributed by atoms with Crippen LogP contribution in [0.5, 0.6) is 11.5 Å². The predicted octanol–water partition coefficient (Wildman–Crippen LogP) is 3.11. The predicted molar refractivity (Wildman–Crippen MR) is 79.0 cm³/mol. The molecule has 0 amide bonds. The molecule has 0 bridgehead atoms. The number of methoxy groups -OCH3 is 1. The zero-order valence-electron chi connectivity index (χ0n) is 11.7. The molecule has 1 aromatic carbocycles. The van der Waals surface area contributed by atoms with Crippen LogP contribution >= 0.6 is 11.8 Å². The molecule has 4 heteroatoms. The summed E-state index contributed by atoms with van der Waals surface area (Å²) in [5.74, 6) is 2.61. The van der Waals surface area contributed by atoms with Crippen LogP contribution in [0.1, 0.15) is 25.5 Å². The second-order valence-corrected chi connectivity index (χ2v) is 5.02. The van der Waals surface area contributed by atoms with Crippen molar-refractivity contribution in [1.29, 1.82) is 0 Å². The summed E-state index contributed by atoms with van der Waals surface area (Å²) in [7, 11) is 1.68. The van der Waals surface area contributed by atoms with E-state index in [2.05, 4.69) is 31.5 Å². The molecule has 102 valence electrons. The molecule has 18 heavy (non-hydrogen) atoms. The van der Waals surface area contributed by atoms with Crippen LogP contribution in [0.15, 0.2) is 18.2 Å². The first-order valence-corrected chi connectivity index (χ1v) is 7.65. The number of ether oxygens (including phenoxy) is 2. The maximum atomic E-state index is 5.70. The third-order valence-corrected chi connectivity index (χ3v) is 3.32. The number of rotatable bonds is 8. The fourth-order valence-electron chi connectivity index (χ4n) is 1.73. The molecule has 0 heterocycles. The second-order valence-electron chi connectivity index (χ2n) is 4.03. The maximum Gasteiger partial charge on any atom is 0.161 e. The molecule has 1 rings (SSSR count). The lowest BCUT2D eigenvalue weighted by molar-refractivity contribution is 0.313. The molecule has 0 aliphatic carbocycles. The van der Waals surface area contributed by atoms with Crippen molar-refractivity contribution in [2.75, 3.05) is 32.3 Å². The summed E-state index contributed by atoms with van der Waals surface area (Å²) in [6.07, 6.45) is 2.07. The Kier molecular flexibility index (Phi) is 6.98. The quantitative estimate of drug-likeness (QED) is 0.735. The van der Waals surface area contributed by atoms with Gasteiger partial charge < -0.3 is 14.8 Å². The van der Waals surface area contributed by atoms with Gasteiger partial charge in [-0.1, -0.05) is 13.0 Å². The number of benzene rings is 1. The first kappa shape index (κ1) is 15.2. The molecule has 3 nitrogen and oxygen atoms in total. The molecular formula is C14H23NO2S. The summed E-state index contributed by atoms with van der Waals surface area (Å²) in [5, 5.41) is 3.39. The van der Waals surface area contributed by atoms with Crippen LogP contribution < -0.4 is 14.8 Å². The van der Waals surface area contributed by atoms with E-state index in [0.29, 0.717) is 12.6 Å². The largest absolute Gasteiger partial charge is 0.493 e. The van der Waals surface area contributed by atoms with Crippen molar-refractivity contribution < 1.29 is 9.47 Å². The van der Waals surface area contributed by atoms with E-state index in [1.165, 1.54) is 5.56 Å². The van der Waals surface area contributed by atoms with Crippen LogP contribution in [0.25, 0.3) is 0 Å². The van der Waals surface area contributed by atoms with Gasteiger partial charge in [-0.15, -0.1) is 0 Å². The Balaban J connectivity index is 2.76. The maximum absolute atomic E-state index is 5.70. The molecular weight excluding hydrogens is 246 g/mol. The van der Waals surface area contributed by atoms with Gasteiger partial charge in [0.2, 0.25) is 0 Å². The van der Waals surface area contributed by atoms with Crippen LogP contribution in [-0.4, -0.2) is 32.3 Å². The molecule has 0 fully saturated rings. The fourth-order valence-corrected chi connectivity index (χ4v) is 1.98. The van der Waals surface area contributed by atoms with Crippen molar-refractivity contribution >= 4 is 11.8 Å². The van der Waals surface area contributed by atoms with Crippen LogP contribution in [-0.2, 0) is 0 Å². The van der Waals surface area contributed by atoms with Crippen LogP contribution in [0.3, 0.4) is 0 Å². The number of hydrogen-bond acceptors (Lipinski definition) is 4. The highest BCUT2D eigenvalue weighted by Crippen LogP contribution is 2.30. The minimum absolute atomic E-state index is 0.323. The van der Waals surface area contributed by atoms with Gasteiger partial charge in [-0.05, 0) is 37.4 Å². The molecule has 1 unspecified atom stereocenters. The second kappa shape index (κ2) is 8.27. The summed E-state index contributed by atoms with van der Waals surface area (Å²) in [5.41, 5.74) is 1.21. The zero-order chi connectivity index (χ0) is 13.4. The Morgan fingerprint density at radius 3 is 2.72 bits per heavy atom. The van der Waals surface area contributed by atoms with E-state index in [1.54, 1.807) is 18.9 Å². The zero-order valence-corrected chi connectivity index (χ0v) is 12.5. The summed E-state index contributed by atoms with van der Waals surface area (Å²) < 4.78 is 11.1. The standard InChI is InChI=1S/C14H23NO2S/c1-5-15-11(2)12-6-7-13(14(10-12)16-3)17-8-9-18-4/h6-7,10-11,15H,5,8-9H2,1-4H3. The normalized spacial score (nSPS) is 12.2. The Labute approximate surface area is 114 Å². The van der Waals surface area contributed by atoms with E-state index in [-0.39, 0.29) is 0 Å².